The minimum atomic E-state index is 0.949. The first-order valence-electron chi connectivity index (χ1n) is 5.32. The van der Waals surface area contributed by atoms with E-state index in [9.17, 15) is 0 Å². The molecule has 0 aliphatic heterocycles. The second kappa shape index (κ2) is 4.45. The second-order valence-corrected chi connectivity index (χ2v) is 4.02. The Labute approximate surface area is 79.4 Å². The molecule has 0 saturated heterocycles. The molecule has 0 aromatic carbocycles. The minimum Gasteiger partial charge on any atom is -0.451 e. The van der Waals surface area contributed by atoms with Crippen LogP contribution in [0.3, 0.4) is 0 Å². The average Bonchev–Trinajstić information content (AvgIpc) is 2.69. The molecular weight excluding hydrogens is 162 g/mol. The number of hydrogen-bond acceptors (Lipinski definition) is 2. The molecule has 0 N–H and O–H groups in total. The summed E-state index contributed by atoms with van der Waals surface area (Å²) >= 11 is 0. The lowest BCUT2D eigenvalue weighted by atomic mass is 9.86. The van der Waals surface area contributed by atoms with Gasteiger partial charge in [-0.25, -0.2) is 4.98 Å². The first-order valence-corrected chi connectivity index (χ1v) is 5.32. The highest BCUT2D eigenvalue weighted by Gasteiger charge is 2.13. The molecule has 1 aliphatic carbocycles. The monoisotopic (exact) mass is 179 g/mol. The van der Waals surface area contributed by atoms with Crippen LogP contribution in [0.1, 0.15) is 44.2 Å². The molecule has 72 valence electrons. The van der Waals surface area contributed by atoms with Gasteiger partial charge in [-0.15, -0.1) is 0 Å². The standard InChI is InChI=1S/C11H17NO/c1-2-4-10(5-3-1)6-7-11-8-13-9-12-11/h8-10H,1-7H2. The Kier molecular flexibility index (Phi) is 3.01. The van der Waals surface area contributed by atoms with Crippen molar-refractivity contribution in [2.75, 3.05) is 0 Å². The zero-order valence-corrected chi connectivity index (χ0v) is 8.04. The van der Waals surface area contributed by atoms with Crippen LogP contribution in [0, 0.1) is 5.92 Å². The summed E-state index contributed by atoms with van der Waals surface area (Å²) < 4.78 is 4.94. The molecule has 0 radical (unpaired) electrons. The van der Waals surface area contributed by atoms with Crippen molar-refractivity contribution in [3.05, 3.63) is 18.4 Å². The van der Waals surface area contributed by atoms with Gasteiger partial charge in [0.1, 0.15) is 6.26 Å². The molecule has 2 rings (SSSR count). The molecule has 0 amide bonds. The van der Waals surface area contributed by atoms with E-state index in [1.165, 1.54) is 44.9 Å². The third-order valence-corrected chi connectivity index (χ3v) is 3.02. The van der Waals surface area contributed by atoms with Crippen molar-refractivity contribution in [2.45, 2.75) is 44.9 Å². The molecule has 2 nitrogen and oxygen atoms in total. The highest BCUT2D eigenvalue weighted by molar-refractivity contribution is 4.91. The molecule has 1 fully saturated rings. The van der Waals surface area contributed by atoms with Gasteiger partial charge in [0.15, 0.2) is 6.39 Å². The van der Waals surface area contributed by atoms with E-state index >= 15 is 0 Å². The predicted molar refractivity (Wildman–Crippen MR) is 51.4 cm³/mol. The summed E-state index contributed by atoms with van der Waals surface area (Å²) in [4.78, 5) is 4.13. The quantitative estimate of drug-likeness (QED) is 0.712. The molecular formula is C11H17NO. The summed E-state index contributed by atoms with van der Waals surface area (Å²) in [5.74, 6) is 0.949. The lowest BCUT2D eigenvalue weighted by Gasteiger charge is -2.20. The smallest absolute Gasteiger partial charge is 0.180 e. The van der Waals surface area contributed by atoms with E-state index in [0.717, 1.165) is 18.0 Å². The van der Waals surface area contributed by atoms with Crippen LogP contribution in [-0.4, -0.2) is 4.98 Å². The Morgan fingerprint density at radius 1 is 1.31 bits per heavy atom. The van der Waals surface area contributed by atoms with Crippen molar-refractivity contribution in [2.24, 2.45) is 5.92 Å². The predicted octanol–water partition coefficient (Wildman–Crippen LogP) is 3.19. The number of hydrogen-bond donors (Lipinski definition) is 0. The highest BCUT2D eigenvalue weighted by Crippen LogP contribution is 2.27. The molecule has 1 heterocycles. The van der Waals surface area contributed by atoms with Gasteiger partial charge >= 0.3 is 0 Å². The van der Waals surface area contributed by atoms with Gasteiger partial charge in [0, 0.05) is 0 Å². The minimum absolute atomic E-state index is 0.949. The van der Waals surface area contributed by atoms with Gasteiger partial charge in [0.05, 0.1) is 5.69 Å². The van der Waals surface area contributed by atoms with Crippen molar-refractivity contribution >= 4 is 0 Å². The Morgan fingerprint density at radius 2 is 2.15 bits per heavy atom. The molecule has 0 spiro atoms. The van der Waals surface area contributed by atoms with Crippen molar-refractivity contribution in [3.8, 4) is 0 Å². The molecule has 1 aromatic heterocycles. The number of rotatable bonds is 3. The van der Waals surface area contributed by atoms with Gasteiger partial charge in [-0.2, -0.15) is 0 Å². The van der Waals surface area contributed by atoms with E-state index in [1.54, 1.807) is 6.26 Å². The third-order valence-electron chi connectivity index (χ3n) is 3.02. The topological polar surface area (TPSA) is 26.0 Å². The van der Waals surface area contributed by atoms with E-state index in [0.29, 0.717) is 0 Å². The molecule has 2 heteroatoms. The Bertz CT molecular complexity index is 224. The van der Waals surface area contributed by atoms with E-state index in [-0.39, 0.29) is 0 Å². The summed E-state index contributed by atoms with van der Waals surface area (Å²) in [5.41, 5.74) is 1.12. The fourth-order valence-electron chi connectivity index (χ4n) is 2.19. The number of nitrogens with zero attached hydrogens (tertiary/aromatic N) is 1. The Hall–Kier alpha value is -0.790. The van der Waals surface area contributed by atoms with Crippen LogP contribution < -0.4 is 0 Å². The van der Waals surface area contributed by atoms with Crippen LogP contribution in [0.2, 0.25) is 0 Å². The second-order valence-electron chi connectivity index (χ2n) is 4.02. The van der Waals surface area contributed by atoms with E-state index in [2.05, 4.69) is 4.98 Å². The third kappa shape index (κ3) is 2.58. The molecule has 0 bridgehead atoms. The average molecular weight is 179 g/mol. The zero-order valence-electron chi connectivity index (χ0n) is 8.04. The number of oxazole rings is 1. The van der Waals surface area contributed by atoms with Gasteiger partial charge in [-0.3, -0.25) is 0 Å². The lowest BCUT2D eigenvalue weighted by Crippen LogP contribution is -2.07. The van der Waals surface area contributed by atoms with Crippen molar-refractivity contribution in [3.63, 3.8) is 0 Å². The van der Waals surface area contributed by atoms with Crippen LogP contribution in [0.5, 0.6) is 0 Å². The van der Waals surface area contributed by atoms with Gasteiger partial charge in [-0.05, 0) is 18.8 Å². The number of aryl methyl sites for hydroxylation is 1. The summed E-state index contributed by atoms with van der Waals surface area (Å²) in [5, 5.41) is 0. The maximum atomic E-state index is 4.94. The fraction of sp³-hybridized carbons (Fsp3) is 0.727. The van der Waals surface area contributed by atoms with Crippen LogP contribution >= 0.6 is 0 Å². The van der Waals surface area contributed by atoms with E-state index in [4.69, 9.17) is 4.42 Å². The van der Waals surface area contributed by atoms with Crippen LogP contribution in [0.15, 0.2) is 17.1 Å². The summed E-state index contributed by atoms with van der Waals surface area (Å²) in [7, 11) is 0. The van der Waals surface area contributed by atoms with Crippen LogP contribution in [0.4, 0.5) is 0 Å². The molecule has 1 saturated carbocycles. The highest BCUT2D eigenvalue weighted by atomic mass is 16.3. The molecule has 0 atom stereocenters. The normalized spacial score (nSPS) is 19.1. The van der Waals surface area contributed by atoms with Gasteiger partial charge in [0.25, 0.3) is 0 Å². The lowest BCUT2D eigenvalue weighted by molar-refractivity contribution is 0.338. The Morgan fingerprint density at radius 3 is 2.85 bits per heavy atom. The molecule has 13 heavy (non-hydrogen) atoms. The first kappa shape index (κ1) is 8.79. The summed E-state index contributed by atoms with van der Waals surface area (Å²) in [6.45, 7) is 0. The van der Waals surface area contributed by atoms with E-state index < -0.39 is 0 Å². The van der Waals surface area contributed by atoms with Gasteiger partial charge in [0.2, 0.25) is 0 Å². The van der Waals surface area contributed by atoms with Gasteiger partial charge < -0.3 is 4.42 Å². The van der Waals surface area contributed by atoms with Gasteiger partial charge in [-0.1, -0.05) is 32.1 Å². The van der Waals surface area contributed by atoms with Crippen molar-refractivity contribution in [1.82, 2.24) is 4.98 Å². The maximum Gasteiger partial charge on any atom is 0.180 e. The Balaban J connectivity index is 1.72. The van der Waals surface area contributed by atoms with Crippen molar-refractivity contribution < 1.29 is 4.42 Å². The molecule has 1 aromatic rings. The first-order chi connectivity index (χ1) is 6.45. The summed E-state index contributed by atoms with van der Waals surface area (Å²) in [6.07, 6.45) is 12.9. The maximum absolute atomic E-state index is 4.94. The summed E-state index contributed by atoms with van der Waals surface area (Å²) in [6, 6.07) is 0. The molecule has 1 aliphatic rings. The van der Waals surface area contributed by atoms with Crippen LogP contribution in [0.25, 0.3) is 0 Å². The zero-order chi connectivity index (χ0) is 8.93. The van der Waals surface area contributed by atoms with Crippen molar-refractivity contribution in [1.29, 1.82) is 0 Å². The SMILES string of the molecule is c1nc(CCC2CCCCC2)co1. The van der Waals surface area contributed by atoms with E-state index in [1.807, 2.05) is 0 Å². The largest absolute Gasteiger partial charge is 0.451 e. The molecule has 0 unspecified atom stereocenters. The fourth-order valence-corrected chi connectivity index (χ4v) is 2.19. The van der Waals surface area contributed by atoms with Crippen LogP contribution in [-0.2, 0) is 6.42 Å². The number of aromatic nitrogens is 1.